The Labute approximate surface area is 154 Å². The number of nitrogens with zero attached hydrogens (tertiary/aromatic N) is 1. The first-order valence-electron chi connectivity index (χ1n) is 7.92. The summed E-state index contributed by atoms with van der Waals surface area (Å²) in [6.07, 6.45) is 2.19. The molecule has 26 heavy (non-hydrogen) atoms. The number of carbonyl (C=O) groups excluding carboxylic acids is 1. The molecule has 3 rings (SSSR count). The highest BCUT2D eigenvalue weighted by atomic mass is 35.5. The molecule has 0 fully saturated rings. The Morgan fingerprint density at radius 3 is 2.96 bits per heavy atom. The maximum Gasteiger partial charge on any atom is 0.277 e. The molecule has 2 aromatic carbocycles. The molecule has 2 aromatic rings. The second-order valence-electron chi connectivity index (χ2n) is 5.39. The molecule has 0 aliphatic carbocycles. The first kappa shape index (κ1) is 18.0. The predicted octanol–water partition coefficient (Wildman–Crippen LogP) is 3.17. The Balaban J connectivity index is 1.56. The van der Waals surface area contributed by atoms with E-state index in [-0.39, 0.29) is 12.4 Å². The van der Waals surface area contributed by atoms with Crippen LogP contribution in [-0.2, 0) is 4.79 Å². The van der Waals surface area contributed by atoms with Crippen LogP contribution in [0, 0.1) is 5.82 Å². The zero-order valence-electron chi connectivity index (χ0n) is 13.7. The SMILES string of the molecule is O=C(COc1ccccc1F)N/N=C\c1cc(Cl)c2c(c1)OCCCO2. The van der Waals surface area contributed by atoms with E-state index < -0.39 is 11.7 Å². The lowest BCUT2D eigenvalue weighted by Gasteiger charge is -2.09. The van der Waals surface area contributed by atoms with Crippen LogP contribution < -0.4 is 19.6 Å². The highest BCUT2D eigenvalue weighted by Crippen LogP contribution is 2.37. The van der Waals surface area contributed by atoms with Gasteiger partial charge >= 0.3 is 0 Å². The number of ether oxygens (including phenoxy) is 3. The minimum absolute atomic E-state index is 0.00122. The van der Waals surface area contributed by atoms with E-state index in [1.54, 1.807) is 18.2 Å². The van der Waals surface area contributed by atoms with E-state index in [1.807, 2.05) is 0 Å². The fraction of sp³-hybridized carbons (Fsp3) is 0.222. The Kier molecular flexibility index (Phi) is 5.91. The molecule has 1 heterocycles. The second kappa shape index (κ2) is 8.53. The zero-order valence-corrected chi connectivity index (χ0v) is 14.5. The van der Waals surface area contributed by atoms with Crippen LogP contribution >= 0.6 is 11.6 Å². The molecule has 1 aliphatic rings. The molecule has 0 spiro atoms. The maximum atomic E-state index is 13.4. The number of hydrogen-bond acceptors (Lipinski definition) is 5. The molecule has 1 N–H and O–H groups in total. The van der Waals surface area contributed by atoms with Crippen molar-refractivity contribution in [3.8, 4) is 17.2 Å². The summed E-state index contributed by atoms with van der Waals surface area (Å²) in [7, 11) is 0. The van der Waals surface area contributed by atoms with Crippen LogP contribution in [0.5, 0.6) is 17.2 Å². The van der Waals surface area contributed by atoms with Crippen LogP contribution in [0.2, 0.25) is 5.02 Å². The summed E-state index contributed by atoms with van der Waals surface area (Å²) in [5.41, 5.74) is 2.93. The van der Waals surface area contributed by atoms with Gasteiger partial charge in [-0.2, -0.15) is 5.10 Å². The quantitative estimate of drug-likeness (QED) is 0.641. The van der Waals surface area contributed by atoms with Gasteiger partial charge in [0.2, 0.25) is 0 Å². The molecule has 1 aliphatic heterocycles. The topological polar surface area (TPSA) is 69.2 Å². The lowest BCUT2D eigenvalue weighted by molar-refractivity contribution is -0.123. The van der Waals surface area contributed by atoms with E-state index in [9.17, 15) is 9.18 Å². The normalized spacial score (nSPS) is 13.3. The maximum absolute atomic E-state index is 13.4. The van der Waals surface area contributed by atoms with Crippen LogP contribution in [-0.4, -0.2) is 31.9 Å². The number of para-hydroxylation sites is 1. The number of benzene rings is 2. The van der Waals surface area contributed by atoms with Gasteiger partial charge in [0, 0.05) is 6.42 Å². The zero-order chi connectivity index (χ0) is 18.4. The van der Waals surface area contributed by atoms with Gasteiger partial charge in [-0.25, -0.2) is 9.82 Å². The van der Waals surface area contributed by atoms with E-state index in [0.29, 0.717) is 35.3 Å². The molecule has 0 saturated carbocycles. The highest BCUT2D eigenvalue weighted by molar-refractivity contribution is 6.32. The van der Waals surface area contributed by atoms with Crippen molar-refractivity contribution in [2.75, 3.05) is 19.8 Å². The van der Waals surface area contributed by atoms with Gasteiger partial charge in [0.25, 0.3) is 5.91 Å². The molecule has 0 unspecified atom stereocenters. The van der Waals surface area contributed by atoms with Gasteiger partial charge in [-0.1, -0.05) is 23.7 Å². The smallest absolute Gasteiger partial charge is 0.277 e. The summed E-state index contributed by atoms with van der Waals surface area (Å²) < 4.78 is 29.6. The van der Waals surface area contributed by atoms with E-state index >= 15 is 0 Å². The van der Waals surface area contributed by atoms with E-state index in [2.05, 4.69) is 10.5 Å². The summed E-state index contributed by atoms with van der Waals surface area (Å²) in [6, 6.07) is 9.21. The van der Waals surface area contributed by atoms with Crippen LogP contribution in [0.3, 0.4) is 0 Å². The molecule has 0 saturated heterocycles. The summed E-state index contributed by atoms with van der Waals surface area (Å²) in [5.74, 6) is -0.0220. The summed E-state index contributed by atoms with van der Waals surface area (Å²) in [5, 5.41) is 4.24. The van der Waals surface area contributed by atoms with Crippen LogP contribution in [0.15, 0.2) is 41.5 Å². The lowest BCUT2D eigenvalue weighted by Crippen LogP contribution is -2.24. The number of nitrogens with one attached hydrogen (secondary N) is 1. The molecule has 0 radical (unpaired) electrons. The number of rotatable bonds is 5. The minimum Gasteiger partial charge on any atom is -0.489 e. The third kappa shape index (κ3) is 4.64. The molecule has 0 atom stereocenters. The largest absolute Gasteiger partial charge is 0.489 e. The number of amides is 1. The first-order chi connectivity index (χ1) is 12.6. The molecular weight excluding hydrogens is 363 g/mol. The minimum atomic E-state index is -0.536. The van der Waals surface area contributed by atoms with Crippen molar-refractivity contribution in [2.45, 2.75) is 6.42 Å². The highest BCUT2D eigenvalue weighted by Gasteiger charge is 2.15. The Morgan fingerprint density at radius 1 is 1.31 bits per heavy atom. The summed E-state index contributed by atoms with van der Waals surface area (Å²) >= 11 is 6.18. The fourth-order valence-corrected chi connectivity index (χ4v) is 2.52. The van der Waals surface area contributed by atoms with Crippen LogP contribution in [0.4, 0.5) is 4.39 Å². The van der Waals surface area contributed by atoms with Crippen LogP contribution in [0.25, 0.3) is 0 Å². The second-order valence-corrected chi connectivity index (χ2v) is 5.80. The molecule has 136 valence electrons. The number of fused-ring (bicyclic) bond motifs is 1. The molecule has 1 amide bonds. The van der Waals surface area contributed by atoms with Gasteiger partial charge in [0.1, 0.15) is 0 Å². The van der Waals surface area contributed by atoms with Gasteiger partial charge in [0.05, 0.1) is 24.5 Å². The van der Waals surface area contributed by atoms with Crippen molar-refractivity contribution in [3.63, 3.8) is 0 Å². The lowest BCUT2D eigenvalue weighted by atomic mass is 10.2. The molecule has 6 nitrogen and oxygen atoms in total. The Morgan fingerprint density at radius 2 is 2.12 bits per heavy atom. The predicted molar refractivity (Wildman–Crippen MR) is 94.7 cm³/mol. The average Bonchev–Trinajstić information content (AvgIpc) is 2.87. The number of hydrazone groups is 1. The van der Waals surface area contributed by atoms with Crippen molar-refractivity contribution in [1.29, 1.82) is 0 Å². The van der Waals surface area contributed by atoms with Gasteiger partial charge < -0.3 is 14.2 Å². The van der Waals surface area contributed by atoms with E-state index in [0.717, 1.165) is 6.42 Å². The van der Waals surface area contributed by atoms with E-state index in [4.69, 9.17) is 25.8 Å². The molecule has 8 heteroatoms. The first-order valence-corrected chi connectivity index (χ1v) is 8.29. The van der Waals surface area contributed by atoms with Crippen molar-refractivity contribution < 1.29 is 23.4 Å². The van der Waals surface area contributed by atoms with Gasteiger partial charge in [0.15, 0.2) is 29.7 Å². The van der Waals surface area contributed by atoms with E-state index in [1.165, 1.54) is 24.4 Å². The monoisotopic (exact) mass is 378 g/mol. The van der Waals surface area contributed by atoms with Crippen molar-refractivity contribution in [3.05, 3.63) is 52.8 Å². The molecule has 0 aromatic heterocycles. The third-order valence-electron chi connectivity index (χ3n) is 3.42. The number of carbonyl (C=O) groups is 1. The van der Waals surface area contributed by atoms with Crippen molar-refractivity contribution in [2.24, 2.45) is 5.10 Å². The van der Waals surface area contributed by atoms with Gasteiger partial charge in [-0.3, -0.25) is 4.79 Å². The number of hydrogen-bond donors (Lipinski definition) is 1. The van der Waals surface area contributed by atoms with Crippen LogP contribution in [0.1, 0.15) is 12.0 Å². The average molecular weight is 379 g/mol. The molecule has 0 bridgehead atoms. The Bertz CT molecular complexity index is 829. The standard InChI is InChI=1S/C18H16ClFN2O4/c19-13-8-12(9-16-18(13)25-7-3-6-24-16)10-21-22-17(23)11-26-15-5-2-1-4-14(15)20/h1-2,4-5,8-10H,3,6-7,11H2,(H,22,23)/b21-10-. The molecular formula is C18H16ClFN2O4. The summed E-state index contributed by atoms with van der Waals surface area (Å²) in [6.45, 7) is 0.715. The summed E-state index contributed by atoms with van der Waals surface area (Å²) in [4.78, 5) is 11.7. The van der Waals surface area contributed by atoms with Crippen molar-refractivity contribution >= 4 is 23.7 Å². The van der Waals surface area contributed by atoms with Gasteiger partial charge in [-0.05, 0) is 29.8 Å². The van der Waals surface area contributed by atoms with Crippen molar-refractivity contribution in [1.82, 2.24) is 5.43 Å². The number of halogens is 2. The fourth-order valence-electron chi connectivity index (χ4n) is 2.24. The third-order valence-corrected chi connectivity index (χ3v) is 3.70. The van der Waals surface area contributed by atoms with Gasteiger partial charge in [-0.15, -0.1) is 0 Å². The Hall–Kier alpha value is -2.80.